The highest BCUT2D eigenvalue weighted by Crippen LogP contribution is 2.36. The number of hydrogen-bond acceptors (Lipinski definition) is 4. The maximum Gasteiger partial charge on any atom is 0.240 e. The molecule has 0 atom stereocenters. The number of aromatic nitrogens is 1. The molecule has 0 bridgehead atoms. The summed E-state index contributed by atoms with van der Waals surface area (Å²) in [7, 11) is 0. The van der Waals surface area contributed by atoms with Crippen LogP contribution in [0.1, 0.15) is 22.4 Å². The second-order valence-corrected chi connectivity index (χ2v) is 7.23. The van der Waals surface area contributed by atoms with E-state index in [0.717, 1.165) is 27.5 Å². The summed E-state index contributed by atoms with van der Waals surface area (Å²) in [6, 6.07) is 9.95. The summed E-state index contributed by atoms with van der Waals surface area (Å²) in [4.78, 5) is 30.8. The number of thioether (sulfide) groups is 1. The molecule has 25 heavy (non-hydrogen) atoms. The van der Waals surface area contributed by atoms with Crippen molar-refractivity contribution in [2.75, 3.05) is 17.2 Å². The van der Waals surface area contributed by atoms with Gasteiger partial charge < -0.3 is 5.32 Å². The lowest BCUT2D eigenvalue weighted by atomic mass is 10.1. The van der Waals surface area contributed by atoms with Crippen molar-refractivity contribution in [2.45, 2.75) is 32.3 Å². The Hall–Kier alpha value is -2.34. The Morgan fingerprint density at radius 1 is 1.24 bits per heavy atom. The van der Waals surface area contributed by atoms with Gasteiger partial charge in [0.05, 0.1) is 11.4 Å². The summed E-state index contributed by atoms with van der Waals surface area (Å²) in [5.74, 6) is 0.0807. The molecule has 3 rings (SSSR count). The van der Waals surface area contributed by atoms with Crippen molar-refractivity contribution in [1.82, 2.24) is 10.3 Å². The molecule has 1 aliphatic rings. The first-order chi connectivity index (χ1) is 11.9. The van der Waals surface area contributed by atoms with Gasteiger partial charge >= 0.3 is 0 Å². The number of nitrogens with zero attached hydrogens (tertiary/aromatic N) is 2. The topological polar surface area (TPSA) is 62.3 Å². The zero-order chi connectivity index (χ0) is 18.0. The van der Waals surface area contributed by atoms with E-state index < -0.39 is 0 Å². The minimum Gasteiger partial charge on any atom is -0.350 e. The van der Waals surface area contributed by atoms with Gasteiger partial charge in [-0.15, -0.1) is 0 Å². The van der Waals surface area contributed by atoms with Crippen molar-refractivity contribution in [2.24, 2.45) is 0 Å². The van der Waals surface area contributed by atoms with E-state index in [9.17, 15) is 9.59 Å². The highest BCUT2D eigenvalue weighted by Gasteiger charge is 2.29. The molecular formula is C19H21N3O2S. The number of rotatable bonds is 4. The van der Waals surface area contributed by atoms with Gasteiger partial charge in [0.15, 0.2) is 0 Å². The van der Waals surface area contributed by atoms with E-state index in [-0.39, 0.29) is 18.4 Å². The van der Waals surface area contributed by atoms with Crippen molar-refractivity contribution in [3.63, 3.8) is 0 Å². The predicted octanol–water partition coefficient (Wildman–Crippen LogP) is 2.76. The first-order valence-corrected chi connectivity index (χ1v) is 9.16. The zero-order valence-corrected chi connectivity index (χ0v) is 15.4. The Bertz CT molecular complexity index is 818. The number of aryl methyl sites for hydroxylation is 3. The lowest BCUT2D eigenvalue weighted by Gasteiger charge is -2.29. The second-order valence-electron chi connectivity index (χ2n) is 6.27. The molecule has 1 aromatic carbocycles. The fourth-order valence-corrected chi connectivity index (χ4v) is 3.86. The molecule has 0 unspecified atom stereocenters. The number of amides is 2. The summed E-state index contributed by atoms with van der Waals surface area (Å²) in [6.07, 6.45) is 0. The number of carbonyl (C=O) groups excluding carboxylic acids is 2. The monoisotopic (exact) mass is 355 g/mol. The van der Waals surface area contributed by atoms with Gasteiger partial charge in [-0.3, -0.25) is 14.5 Å². The van der Waals surface area contributed by atoms with Crippen molar-refractivity contribution in [3.05, 3.63) is 52.7 Å². The molecule has 1 aromatic heterocycles. The maximum atomic E-state index is 12.4. The van der Waals surface area contributed by atoms with Crippen LogP contribution in [0.3, 0.4) is 0 Å². The van der Waals surface area contributed by atoms with Gasteiger partial charge in [-0.05, 0) is 38.0 Å². The Labute approximate surface area is 151 Å². The summed E-state index contributed by atoms with van der Waals surface area (Å²) in [6.45, 7) is 6.38. The molecule has 0 radical (unpaired) electrons. The van der Waals surface area contributed by atoms with Crippen molar-refractivity contribution >= 4 is 29.3 Å². The Morgan fingerprint density at radius 2 is 1.96 bits per heavy atom. The fourth-order valence-electron chi connectivity index (χ4n) is 2.83. The quantitative estimate of drug-likeness (QED) is 0.916. The first kappa shape index (κ1) is 17.5. The van der Waals surface area contributed by atoms with E-state index >= 15 is 0 Å². The minimum absolute atomic E-state index is 0.0177. The van der Waals surface area contributed by atoms with Crippen LogP contribution < -0.4 is 10.2 Å². The molecule has 6 heteroatoms. The summed E-state index contributed by atoms with van der Waals surface area (Å²) < 4.78 is 0. The number of nitrogens with one attached hydrogen (secondary N) is 1. The molecule has 0 saturated heterocycles. The number of anilines is 1. The number of pyridine rings is 1. The Balaban J connectivity index is 1.71. The molecule has 2 heterocycles. The standard InChI is InChI=1S/C19H21N3O2S/c1-12-4-6-15(7-5-12)9-20-16(23)10-22-17(24)11-25-19-18(22)13(2)8-14(3)21-19/h4-8H,9-11H2,1-3H3,(H,20,23). The normalized spacial score (nSPS) is 13.6. The first-order valence-electron chi connectivity index (χ1n) is 8.17. The van der Waals surface area contributed by atoms with Crippen LogP contribution in [-0.2, 0) is 16.1 Å². The maximum absolute atomic E-state index is 12.4. The van der Waals surface area contributed by atoms with E-state index in [2.05, 4.69) is 10.3 Å². The predicted molar refractivity (Wildman–Crippen MR) is 99.8 cm³/mol. The Kier molecular flexibility index (Phi) is 5.08. The molecule has 0 fully saturated rings. The van der Waals surface area contributed by atoms with E-state index in [0.29, 0.717) is 12.3 Å². The van der Waals surface area contributed by atoms with Gasteiger partial charge in [-0.25, -0.2) is 4.98 Å². The van der Waals surface area contributed by atoms with Gasteiger partial charge in [0.1, 0.15) is 11.6 Å². The van der Waals surface area contributed by atoms with Crippen LogP contribution in [0.4, 0.5) is 5.69 Å². The molecule has 5 nitrogen and oxygen atoms in total. The van der Waals surface area contributed by atoms with E-state index in [1.165, 1.54) is 17.3 Å². The number of benzene rings is 1. The van der Waals surface area contributed by atoms with Gasteiger partial charge in [-0.1, -0.05) is 41.6 Å². The zero-order valence-electron chi connectivity index (χ0n) is 14.6. The average molecular weight is 355 g/mol. The van der Waals surface area contributed by atoms with Gasteiger partial charge in [-0.2, -0.15) is 0 Å². The smallest absolute Gasteiger partial charge is 0.240 e. The SMILES string of the molecule is Cc1ccc(CNC(=O)CN2C(=O)CSc3nc(C)cc(C)c32)cc1. The highest BCUT2D eigenvalue weighted by atomic mass is 32.2. The third-order valence-electron chi connectivity index (χ3n) is 4.09. The lowest BCUT2D eigenvalue weighted by molar-refractivity contribution is -0.123. The van der Waals surface area contributed by atoms with Crippen LogP contribution in [0.15, 0.2) is 35.4 Å². The molecule has 1 aliphatic heterocycles. The van der Waals surface area contributed by atoms with E-state index in [4.69, 9.17) is 0 Å². The van der Waals surface area contributed by atoms with Crippen LogP contribution in [-0.4, -0.2) is 29.1 Å². The Morgan fingerprint density at radius 3 is 2.68 bits per heavy atom. The second kappa shape index (κ2) is 7.27. The van der Waals surface area contributed by atoms with Crippen LogP contribution in [0, 0.1) is 20.8 Å². The number of carbonyl (C=O) groups is 2. The number of fused-ring (bicyclic) bond motifs is 1. The fraction of sp³-hybridized carbons (Fsp3) is 0.316. The van der Waals surface area contributed by atoms with Crippen LogP contribution >= 0.6 is 11.8 Å². The van der Waals surface area contributed by atoms with Crippen molar-refractivity contribution in [3.8, 4) is 0 Å². The third kappa shape index (κ3) is 4.02. The molecule has 1 N–H and O–H groups in total. The van der Waals surface area contributed by atoms with Gasteiger partial charge in [0, 0.05) is 12.2 Å². The molecular weight excluding hydrogens is 334 g/mol. The lowest BCUT2D eigenvalue weighted by Crippen LogP contribution is -2.43. The van der Waals surface area contributed by atoms with Gasteiger partial charge in [0.2, 0.25) is 11.8 Å². The summed E-state index contributed by atoms with van der Waals surface area (Å²) in [5, 5.41) is 3.71. The van der Waals surface area contributed by atoms with Crippen LogP contribution in [0.5, 0.6) is 0 Å². The van der Waals surface area contributed by atoms with Gasteiger partial charge in [0.25, 0.3) is 0 Å². The van der Waals surface area contributed by atoms with E-state index in [1.807, 2.05) is 51.1 Å². The highest BCUT2D eigenvalue weighted by molar-refractivity contribution is 8.00. The van der Waals surface area contributed by atoms with Crippen molar-refractivity contribution < 1.29 is 9.59 Å². The number of hydrogen-bond donors (Lipinski definition) is 1. The summed E-state index contributed by atoms with van der Waals surface area (Å²) >= 11 is 1.43. The largest absolute Gasteiger partial charge is 0.350 e. The van der Waals surface area contributed by atoms with Crippen molar-refractivity contribution in [1.29, 1.82) is 0 Å². The molecule has 2 amide bonds. The average Bonchev–Trinajstić information content (AvgIpc) is 2.56. The molecule has 130 valence electrons. The van der Waals surface area contributed by atoms with Crippen LogP contribution in [0.25, 0.3) is 0 Å². The molecule has 0 aliphatic carbocycles. The molecule has 2 aromatic rings. The van der Waals surface area contributed by atoms with E-state index in [1.54, 1.807) is 4.90 Å². The molecule has 0 saturated carbocycles. The third-order valence-corrected chi connectivity index (χ3v) is 5.04. The summed E-state index contributed by atoms with van der Waals surface area (Å²) in [5.41, 5.74) is 4.86. The molecule has 0 spiro atoms. The van der Waals surface area contributed by atoms with Crippen LogP contribution in [0.2, 0.25) is 0 Å². The minimum atomic E-state index is -0.174.